The summed E-state index contributed by atoms with van der Waals surface area (Å²) in [5.41, 5.74) is 0. The topological polar surface area (TPSA) is 83.5 Å². The summed E-state index contributed by atoms with van der Waals surface area (Å²) in [6.07, 6.45) is -4.61. The van der Waals surface area contributed by atoms with E-state index in [1.165, 1.54) is 0 Å². The van der Waals surface area contributed by atoms with E-state index in [1.807, 2.05) is 0 Å². The van der Waals surface area contributed by atoms with Gasteiger partial charge in [-0.15, -0.1) is 0 Å². The highest BCUT2D eigenvalue weighted by molar-refractivity contribution is 7.89. The van der Waals surface area contributed by atoms with Crippen molar-refractivity contribution in [1.82, 2.24) is 4.72 Å². The highest BCUT2D eigenvalue weighted by atomic mass is 32.2. The van der Waals surface area contributed by atoms with Gasteiger partial charge in [-0.1, -0.05) is 0 Å². The van der Waals surface area contributed by atoms with Gasteiger partial charge in [-0.05, 0) is 25.2 Å². The lowest BCUT2D eigenvalue weighted by Crippen LogP contribution is -2.33. The number of aliphatic carboxylic acids is 1. The normalized spacial score (nSPS) is 18.3. The molecule has 19 heavy (non-hydrogen) atoms. The van der Waals surface area contributed by atoms with Crippen molar-refractivity contribution < 1.29 is 31.5 Å². The summed E-state index contributed by atoms with van der Waals surface area (Å²) in [4.78, 5) is 10.3. The van der Waals surface area contributed by atoms with Crippen LogP contribution in [0.2, 0.25) is 0 Å². The molecular formula is C10H16F3NO4S. The van der Waals surface area contributed by atoms with E-state index < -0.39 is 47.5 Å². The molecule has 2 N–H and O–H groups in total. The predicted octanol–water partition coefficient (Wildman–Crippen LogP) is 1.36. The number of nitrogens with one attached hydrogen (secondary N) is 1. The number of carbonyl (C=O) groups is 1. The Morgan fingerprint density at radius 3 is 2.37 bits per heavy atom. The number of hydrogen-bond acceptors (Lipinski definition) is 3. The van der Waals surface area contributed by atoms with Crippen LogP contribution in [0.25, 0.3) is 0 Å². The highest BCUT2D eigenvalue weighted by Gasteiger charge is 2.40. The average molecular weight is 303 g/mol. The van der Waals surface area contributed by atoms with Gasteiger partial charge in [-0.3, -0.25) is 4.79 Å². The number of carboxylic acids is 1. The molecule has 0 aromatic heterocycles. The molecule has 1 aliphatic rings. The van der Waals surface area contributed by atoms with Crippen LogP contribution in [0.5, 0.6) is 0 Å². The van der Waals surface area contributed by atoms with Crippen LogP contribution >= 0.6 is 0 Å². The molecule has 0 heterocycles. The second-order valence-corrected chi connectivity index (χ2v) is 6.60. The van der Waals surface area contributed by atoms with Crippen molar-refractivity contribution in [2.45, 2.75) is 31.9 Å². The van der Waals surface area contributed by atoms with Crippen LogP contribution in [0.15, 0.2) is 0 Å². The number of sulfonamides is 1. The number of alkyl halides is 3. The molecule has 1 saturated carbocycles. The molecule has 1 fully saturated rings. The monoisotopic (exact) mass is 303 g/mol. The summed E-state index contributed by atoms with van der Waals surface area (Å²) in [5, 5.41) is 8.39. The Hall–Kier alpha value is -0.830. The molecule has 0 aromatic rings. The molecule has 0 radical (unpaired) electrons. The quantitative estimate of drug-likeness (QED) is 0.709. The minimum Gasteiger partial charge on any atom is -0.481 e. The van der Waals surface area contributed by atoms with Gasteiger partial charge < -0.3 is 5.11 Å². The van der Waals surface area contributed by atoms with Gasteiger partial charge in [0, 0.05) is 6.54 Å². The fourth-order valence-corrected chi connectivity index (χ4v) is 3.14. The first-order valence-corrected chi connectivity index (χ1v) is 7.51. The molecule has 0 aromatic carbocycles. The maximum atomic E-state index is 12.5. The lowest BCUT2D eigenvalue weighted by Gasteiger charge is -2.18. The molecule has 1 unspecified atom stereocenters. The van der Waals surface area contributed by atoms with Crippen molar-refractivity contribution in [3.8, 4) is 0 Å². The number of rotatable bonds is 8. The van der Waals surface area contributed by atoms with E-state index in [0.29, 0.717) is 0 Å². The lowest BCUT2D eigenvalue weighted by atomic mass is 10.0. The summed E-state index contributed by atoms with van der Waals surface area (Å²) in [6, 6.07) is 0. The van der Waals surface area contributed by atoms with Crippen LogP contribution in [-0.4, -0.2) is 38.0 Å². The molecule has 0 amide bonds. The second kappa shape index (κ2) is 6.08. The first-order valence-electron chi connectivity index (χ1n) is 5.86. The molecule has 1 aliphatic carbocycles. The van der Waals surface area contributed by atoms with E-state index in [9.17, 15) is 26.4 Å². The van der Waals surface area contributed by atoms with Crippen LogP contribution < -0.4 is 4.72 Å². The zero-order valence-electron chi connectivity index (χ0n) is 10.1. The van der Waals surface area contributed by atoms with Crippen molar-refractivity contribution in [3.63, 3.8) is 0 Å². The lowest BCUT2D eigenvalue weighted by molar-refractivity contribution is -0.184. The number of hydrogen-bond donors (Lipinski definition) is 2. The van der Waals surface area contributed by atoms with E-state index in [-0.39, 0.29) is 11.7 Å². The SMILES string of the molecule is O=C(O)CC(CCNS(=O)(=O)CC1CC1)C(F)(F)F. The first kappa shape index (κ1) is 16.2. The third-order valence-corrected chi connectivity index (χ3v) is 4.40. The number of carboxylic acid groups (broad SMARTS) is 1. The Morgan fingerprint density at radius 1 is 1.37 bits per heavy atom. The zero-order valence-corrected chi connectivity index (χ0v) is 10.9. The Balaban J connectivity index is 2.40. The van der Waals surface area contributed by atoms with E-state index in [2.05, 4.69) is 4.72 Å². The van der Waals surface area contributed by atoms with Crippen LogP contribution in [0.1, 0.15) is 25.7 Å². The standard InChI is InChI=1S/C10H16F3NO4S/c11-10(12,13)8(5-9(15)16)3-4-14-19(17,18)6-7-1-2-7/h7-8,14H,1-6H2,(H,15,16). The zero-order chi connectivity index (χ0) is 14.7. The summed E-state index contributed by atoms with van der Waals surface area (Å²) in [6.45, 7) is -0.396. The van der Waals surface area contributed by atoms with Crippen molar-refractivity contribution in [3.05, 3.63) is 0 Å². The minimum atomic E-state index is -4.64. The molecule has 0 saturated heterocycles. The average Bonchev–Trinajstić information content (AvgIpc) is 2.97. The van der Waals surface area contributed by atoms with Gasteiger partial charge in [-0.25, -0.2) is 13.1 Å². The third kappa shape index (κ3) is 6.76. The Bertz CT molecular complexity index is 417. The van der Waals surface area contributed by atoms with Crippen LogP contribution in [0.3, 0.4) is 0 Å². The third-order valence-electron chi connectivity index (χ3n) is 2.85. The van der Waals surface area contributed by atoms with Gasteiger partial charge >= 0.3 is 12.1 Å². The molecule has 9 heteroatoms. The molecule has 0 aliphatic heterocycles. The summed E-state index contributed by atoms with van der Waals surface area (Å²) in [5.74, 6) is -3.55. The van der Waals surface area contributed by atoms with Crippen LogP contribution in [0.4, 0.5) is 13.2 Å². The molecule has 0 bridgehead atoms. The molecule has 1 atom stereocenters. The van der Waals surface area contributed by atoms with Gasteiger partial charge in [-0.2, -0.15) is 13.2 Å². The summed E-state index contributed by atoms with van der Waals surface area (Å²) < 4.78 is 62.4. The predicted molar refractivity (Wildman–Crippen MR) is 60.9 cm³/mol. The minimum absolute atomic E-state index is 0.0669. The highest BCUT2D eigenvalue weighted by Crippen LogP contribution is 2.32. The fourth-order valence-electron chi connectivity index (χ4n) is 1.63. The fraction of sp³-hybridized carbons (Fsp3) is 0.900. The molecule has 5 nitrogen and oxygen atoms in total. The van der Waals surface area contributed by atoms with Gasteiger partial charge in [0.05, 0.1) is 18.1 Å². The van der Waals surface area contributed by atoms with Crippen LogP contribution in [0, 0.1) is 11.8 Å². The molecule has 1 rings (SSSR count). The largest absolute Gasteiger partial charge is 0.481 e. The van der Waals surface area contributed by atoms with E-state index in [4.69, 9.17) is 5.11 Å². The Morgan fingerprint density at radius 2 is 1.95 bits per heavy atom. The summed E-state index contributed by atoms with van der Waals surface area (Å²) >= 11 is 0. The molecular weight excluding hydrogens is 287 g/mol. The van der Waals surface area contributed by atoms with Gasteiger partial charge in [0.2, 0.25) is 10.0 Å². The number of halogens is 3. The van der Waals surface area contributed by atoms with E-state index >= 15 is 0 Å². The Kier molecular flexibility index (Phi) is 5.19. The molecule has 112 valence electrons. The Labute approximate surface area is 109 Å². The van der Waals surface area contributed by atoms with Crippen LogP contribution in [-0.2, 0) is 14.8 Å². The maximum Gasteiger partial charge on any atom is 0.392 e. The second-order valence-electron chi connectivity index (χ2n) is 4.74. The smallest absolute Gasteiger partial charge is 0.392 e. The molecule has 0 spiro atoms. The van der Waals surface area contributed by atoms with Crippen molar-refractivity contribution in [2.24, 2.45) is 11.8 Å². The van der Waals surface area contributed by atoms with Crippen molar-refractivity contribution in [2.75, 3.05) is 12.3 Å². The van der Waals surface area contributed by atoms with E-state index in [1.54, 1.807) is 0 Å². The van der Waals surface area contributed by atoms with E-state index in [0.717, 1.165) is 12.8 Å². The van der Waals surface area contributed by atoms with Gasteiger partial charge in [0.25, 0.3) is 0 Å². The van der Waals surface area contributed by atoms with Crippen molar-refractivity contribution >= 4 is 16.0 Å². The van der Waals surface area contributed by atoms with Crippen molar-refractivity contribution in [1.29, 1.82) is 0 Å². The maximum absolute atomic E-state index is 12.5. The summed E-state index contributed by atoms with van der Waals surface area (Å²) in [7, 11) is -3.55. The first-order chi connectivity index (χ1) is 8.60. The van der Waals surface area contributed by atoms with Gasteiger partial charge in [0.1, 0.15) is 0 Å². The van der Waals surface area contributed by atoms with Gasteiger partial charge in [0.15, 0.2) is 0 Å².